The Balaban J connectivity index is 1.87. The van der Waals surface area contributed by atoms with E-state index in [0.29, 0.717) is 25.2 Å². The predicted molar refractivity (Wildman–Crippen MR) is 77.3 cm³/mol. The van der Waals surface area contributed by atoms with Crippen LogP contribution in [0.15, 0.2) is 30.5 Å². The number of hydrogen-bond donors (Lipinski definition) is 1. The van der Waals surface area contributed by atoms with Crippen molar-refractivity contribution < 1.29 is 13.5 Å². The first-order valence-corrected chi connectivity index (χ1v) is 8.36. The number of phenolic OH excluding ortho intramolecular Hbond substituents is 1. The Morgan fingerprint density at radius 3 is 2.70 bits per heavy atom. The highest BCUT2D eigenvalue weighted by Gasteiger charge is 2.22. The van der Waals surface area contributed by atoms with Crippen LogP contribution in [0.2, 0.25) is 0 Å². The summed E-state index contributed by atoms with van der Waals surface area (Å²) < 4.78 is 22.9. The van der Waals surface area contributed by atoms with Crippen molar-refractivity contribution in [2.24, 2.45) is 0 Å². The van der Waals surface area contributed by atoms with E-state index < -0.39 is 9.84 Å². The normalized spacial score (nSPS) is 19.2. The first-order valence-electron chi connectivity index (χ1n) is 6.53. The molecule has 0 aliphatic carbocycles. The molecule has 0 radical (unpaired) electrons. The molecule has 2 aromatic rings. The van der Waals surface area contributed by atoms with E-state index in [4.69, 9.17) is 0 Å². The molecule has 20 heavy (non-hydrogen) atoms. The second-order valence-corrected chi connectivity index (χ2v) is 7.37. The van der Waals surface area contributed by atoms with E-state index in [9.17, 15) is 13.5 Å². The second kappa shape index (κ2) is 5.03. The molecule has 0 saturated carbocycles. The van der Waals surface area contributed by atoms with Crippen molar-refractivity contribution in [3.8, 4) is 5.75 Å². The summed E-state index contributed by atoms with van der Waals surface area (Å²) in [4.78, 5) is 6.32. The van der Waals surface area contributed by atoms with Gasteiger partial charge in [0, 0.05) is 31.2 Å². The maximum atomic E-state index is 11.4. The highest BCUT2D eigenvalue weighted by atomic mass is 32.2. The van der Waals surface area contributed by atoms with Gasteiger partial charge in [0.05, 0.1) is 11.5 Å². The smallest absolute Gasteiger partial charge is 0.152 e. The van der Waals surface area contributed by atoms with Gasteiger partial charge in [0.25, 0.3) is 0 Å². The molecule has 1 aliphatic rings. The van der Waals surface area contributed by atoms with Crippen molar-refractivity contribution in [3.63, 3.8) is 0 Å². The maximum Gasteiger partial charge on any atom is 0.152 e. The Bertz CT molecular complexity index is 729. The first kappa shape index (κ1) is 13.3. The molecule has 1 fully saturated rings. The summed E-state index contributed by atoms with van der Waals surface area (Å²) >= 11 is 0. The monoisotopic (exact) mass is 292 g/mol. The molecule has 3 rings (SSSR count). The number of pyridine rings is 1. The summed E-state index contributed by atoms with van der Waals surface area (Å²) in [5, 5.41) is 10.7. The van der Waals surface area contributed by atoms with Crippen molar-refractivity contribution >= 4 is 20.7 Å². The second-order valence-electron chi connectivity index (χ2n) is 5.07. The van der Waals surface area contributed by atoms with Gasteiger partial charge in [0.1, 0.15) is 11.3 Å². The van der Waals surface area contributed by atoms with Crippen molar-refractivity contribution in [3.05, 3.63) is 36.0 Å². The summed E-state index contributed by atoms with van der Waals surface area (Å²) in [7, 11) is -2.85. The van der Waals surface area contributed by atoms with Gasteiger partial charge >= 0.3 is 0 Å². The van der Waals surface area contributed by atoms with E-state index in [1.807, 2.05) is 18.2 Å². The lowest BCUT2D eigenvalue weighted by atomic mass is 10.1. The first-order chi connectivity index (χ1) is 9.55. The largest absolute Gasteiger partial charge is 0.506 e. The van der Waals surface area contributed by atoms with Gasteiger partial charge in [0.15, 0.2) is 9.84 Å². The van der Waals surface area contributed by atoms with Gasteiger partial charge in [-0.1, -0.05) is 12.1 Å². The third kappa shape index (κ3) is 2.62. The van der Waals surface area contributed by atoms with Gasteiger partial charge in [-0.15, -0.1) is 0 Å². The minimum absolute atomic E-state index is 0.172. The fraction of sp³-hybridized carbons (Fsp3) is 0.357. The van der Waals surface area contributed by atoms with Crippen LogP contribution in [0, 0.1) is 0 Å². The van der Waals surface area contributed by atoms with E-state index in [1.165, 1.54) is 0 Å². The van der Waals surface area contributed by atoms with Gasteiger partial charge < -0.3 is 5.11 Å². The van der Waals surface area contributed by atoms with Crippen molar-refractivity contribution in [1.82, 2.24) is 9.88 Å². The lowest BCUT2D eigenvalue weighted by molar-refractivity contribution is 0.288. The Hall–Kier alpha value is -1.66. The van der Waals surface area contributed by atoms with Crippen LogP contribution in [0.5, 0.6) is 5.75 Å². The molecule has 2 heterocycles. The van der Waals surface area contributed by atoms with Gasteiger partial charge in [-0.3, -0.25) is 9.88 Å². The number of sulfone groups is 1. The number of aromatic hydroxyl groups is 1. The van der Waals surface area contributed by atoms with Crippen LogP contribution in [-0.4, -0.2) is 48.0 Å². The number of fused-ring (bicyclic) bond motifs is 1. The number of nitrogens with zero attached hydrogens (tertiary/aromatic N) is 2. The van der Waals surface area contributed by atoms with Crippen LogP contribution in [0.1, 0.15) is 5.56 Å². The van der Waals surface area contributed by atoms with Crippen LogP contribution in [-0.2, 0) is 16.4 Å². The number of hydrogen-bond acceptors (Lipinski definition) is 5. The lowest BCUT2D eigenvalue weighted by Gasteiger charge is -2.26. The average molecular weight is 292 g/mol. The highest BCUT2D eigenvalue weighted by Crippen LogP contribution is 2.26. The molecule has 1 aromatic carbocycles. The van der Waals surface area contributed by atoms with Crippen molar-refractivity contribution in [1.29, 1.82) is 0 Å². The predicted octanol–water partition coefficient (Wildman–Crippen LogP) is 1.17. The standard InChI is InChI=1S/C14H16N2O3S/c17-13-4-3-11(12-2-1-5-15-14(12)13)10-16-6-8-20(18,19)9-7-16/h1-5,17H,6-10H2. The molecule has 1 aromatic heterocycles. The molecule has 0 unspecified atom stereocenters. The third-order valence-electron chi connectivity index (χ3n) is 3.67. The summed E-state index contributed by atoms with van der Waals surface area (Å²) in [5.74, 6) is 0.619. The minimum Gasteiger partial charge on any atom is -0.506 e. The number of phenols is 1. The zero-order valence-electron chi connectivity index (χ0n) is 11.0. The lowest BCUT2D eigenvalue weighted by Crippen LogP contribution is -2.39. The topological polar surface area (TPSA) is 70.5 Å². The fourth-order valence-electron chi connectivity index (χ4n) is 2.50. The fourth-order valence-corrected chi connectivity index (χ4v) is 3.78. The molecular weight excluding hydrogens is 276 g/mol. The summed E-state index contributed by atoms with van der Waals surface area (Å²) in [5.41, 5.74) is 1.65. The van der Waals surface area contributed by atoms with E-state index in [-0.39, 0.29) is 17.3 Å². The number of benzene rings is 1. The molecule has 106 valence electrons. The Morgan fingerprint density at radius 2 is 1.95 bits per heavy atom. The van der Waals surface area contributed by atoms with Crippen molar-refractivity contribution in [2.45, 2.75) is 6.54 Å². The van der Waals surface area contributed by atoms with Gasteiger partial charge in [-0.2, -0.15) is 0 Å². The van der Waals surface area contributed by atoms with E-state index in [2.05, 4.69) is 9.88 Å². The Kier molecular flexibility index (Phi) is 3.35. The average Bonchev–Trinajstić information content (AvgIpc) is 2.44. The van der Waals surface area contributed by atoms with Crippen LogP contribution in [0.25, 0.3) is 10.9 Å². The van der Waals surface area contributed by atoms with E-state index in [1.54, 1.807) is 12.3 Å². The number of rotatable bonds is 2. The van der Waals surface area contributed by atoms with Crippen LogP contribution < -0.4 is 0 Å². The zero-order valence-corrected chi connectivity index (χ0v) is 11.8. The van der Waals surface area contributed by atoms with E-state index in [0.717, 1.165) is 10.9 Å². The molecule has 1 saturated heterocycles. The molecular formula is C14H16N2O3S. The summed E-state index contributed by atoms with van der Waals surface area (Å²) in [6.07, 6.45) is 1.65. The van der Waals surface area contributed by atoms with Crippen LogP contribution >= 0.6 is 0 Å². The van der Waals surface area contributed by atoms with Crippen LogP contribution in [0.3, 0.4) is 0 Å². The van der Waals surface area contributed by atoms with Gasteiger partial charge in [-0.25, -0.2) is 8.42 Å². The van der Waals surface area contributed by atoms with Gasteiger partial charge in [0.2, 0.25) is 0 Å². The molecule has 6 heteroatoms. The van der Waals surface area contributed by atoms with Crippen LogP contribution in [0.4, 0.5) is 0 Å². The Morgan fingerprint density at radius 1 is 1.20 bits per heavy atom. The molecule has 1 N–H and O–H groups in total. The molecule has 1 aliphatic heterocycles. The molecule has 5 nitrogen and oxygen atoms in total. The highest BCUT2D eigenvalue weighted by molar-refractivity contribution is 7.91. The molecule has 0 amide bonds. The third-order valence-corrected chi connectivity index (χ3v) is 5.28. The van der Waals surface area contributed by atoms with E-state index >= 15 is 0 Å². The zero-order chi connectivity index (χ0) is 14.2. The minimum atomic E-state index is -2.85. The summed E-state index contributed by atoms with van der Waals surface area (Å²) in [6, 6.07) is 7.29. The number of aromatic nitrogens is 1. The maximum absolute atomic E-state index is 11.4. The molecule has 0 atom stereocenters. The van der Waals surface area contributed by atoms with Gasteiger partial charge in [-0.05, 0) is 17.7 Å². The molecule has 0 spiro atoms. The quantitative estimate of drug-likeness (QED) is 0.899. The summed E-state index contributed by atoms with van der Waals surface area (Å²) in [6.45, 7) is 1.80. The SMILES string of the molecule is O=S1(=O)CCN(Cc2ccc(O)c3ncccc23)CC1. The Labute approximate surface area is 117 Å². The molecule has 0 bridgehead atoms. The van der Waals surface area contributed by atoms with Crippen molar-refractivity contribution in [2.75, 3.05) is 24.6 Å².